The van der Waals surface area contributed by atoms with Gasteiger partial charge in [0.15, 0.2) is 21.5 Å². The summed E-state index contributed by atoms with van der Waals surface area (Å²) >= 11 is 0. The number of carbonyl (C=O) groups is 1. The summed E-state index contributed by atoms with van der Waals surface area (Å²) in [7, 11) is -3.34. The molecule has 6 nitrogen and oxygen atoms in total. The van der Waals surface area contributed by atoms with Gasteiger partial charge in [-0.2, -0.15) is 0 Å². The molecule has 1 saturated carbocycles. The summed E-state index contributed by atoms with van der Waals surface area (Å²) in [6.07, 6.45) is 2.11. The molecule has 1 aliphatic carbocycles. The number of hydrogen-bond donors (Lipinski definition) is 1. The first-order valence-corrected chi connectivity index (χ1v) is 9.82. The minimum atomic E-state index is -3.34. The van der Waals surface area contributed by atoms with Crippen molar-refractivity contribution < 1.29 is 27.8 Å². The standard InChI is InChI=1S/C17H22O6S/c1-16(2)17(19,12-6-8-13(9-7-12)24(3,20)21)14(15(18)23-16)22-10-11-4-5-11/h6-9,11,14,19H,4-5,10H2,1-3H3. The van der Waals surface area contributed by atoms with Gasteiger partial charge in [-0.3, -0.25) is 0 Å². The van der Waals surface area contributed by atoms with Gasteiger partial charge in [0.1, 0.15) is 5.60 Å². The van der Waals surface area contributed by atoms with Crippen molar-refractivity contribution in [1.82, 2.24) is 0 Å². The van der Waals surface area contributed by atoms with Crippen LogP contribution in [0.5, 0.6) is 0 Å². The number of benzene rings is 1. The van der Waals surface area contributed by atoms with Crippen LogP contribution in [-0.4, -0.2) is 44.1 Å². The lowest BCUT2D eigenvalue weighted by atomic mass is 9.78. The van der Waals surface area contributed by atoms with Crippen molar-refractivity contribution >= 4 is 15.8 Å². The summed E-state index contributed by atoms with van der Waals surface area (Å²) in [5, 5.41) is 11.3. The number of aliphatic hydroxyl groups is 1. The molecule has 2 atom stereocenters. The zero-order chi connectivity index (χ0) is 17.8. The highest BCUT2D eigenvalue weighted by atomic mass is 32.2. The monoisotopic (exact) mass is 354 g/mol. The predicted octanol–water partition coefficient (Wildman–Crippen LogP) is 1.41. The molecule has 0 aromatic heterocycles. The van der Waals surface area contributed by atoms with E-state index < -0.39 is 33.1 Å². The van der Waals surface area contributed by atoms with E-state index >= 15 is 0 Å². The highest BCUT2D eigenvalue weighted by molar-refractivity contribution is 7.90. The van der Waals surface area contributed by atoms with Crippen molar-refractivity contribution in [2.24, 2.45) is 5.92 Å². The maximum Gasteiger partial charge on any atom is 0.339 e. The Morgan fingerprint density at radius 1 is 1.25 bits per heavy atom. The third-order valence-electron chi connectivity index (χ3n) is 4.79. The van der Waals surface area contributed by atoms with Crippen LogP contribution in [0.3, 0.4) is 0 Å². The highest BCUT2D eigenvalue weighted by Gasteiger charge is 2.63. The Kier molecular flexibility index (Phi) is 4.01. The largest absolute Gasteiger partial charge is 0.454 e. The molecule has 132 valence electrons. The molecule has 3 rings (SSSR count). The van der Waals surface area contributed by atoms with E-state index in [1.807, 2.05) is 0 Å². The Morgan fingerprint density at radius 2 is 1.83 bits per heavy atom. The van der Waals surface area contributed by atoms with Gasteiger partial charge >= 0.3 is 5.97 Å². The van der Waals surface area contributed by atoms with Crippen molar-refractivity contribution in [1.29, 1.82) is 0 Å². The summed E-state index contributed by atoms with van der Waals surface area (Å²) in [5.41, 5.74) is -2.48. The number of carbonyl (C=O) groups excluding carboxylic acids is 1. The quantitative estimate of drug-likeness (QED) is 0.804. The predicted molar refractivity (Wildman–Crippen MR) is 86.1 cm³/mol. The second-order valence-corrected chi connectivity index (χ2v) is 9.17. The van der Waals surface area contributed by atoms with E-state index in [0.29, 0.717) is 18.1 Å². The zero-order valence-corrected chi connectivity index (χ0v) is 14.8. The minimum absolute atomic E-state index is 0.147. The topological polar surface area (TPSA) is 89.9 Å². The van der Waals surface area contributed by atoms with Gasteiger partial charge in [-0.15, -0.1) is 0 Å². The molecule has 2 fully saturated rings. The fraction of sp³-hybridized carbons (Fsp3) is 0.588. The molecular formula is C17H22O6S. The van der Waals surface area contributed by atoms with Gasteiger partial charge in [0.2, 0.25) is 0 Å². The molecule has 24 heavy (non-hydrogen) atoms. The van der Waals surface area contributed by atoms with Gasteiger partial charge in [0.05, 0.1) is 11.5 Å². The molecule has 0 spiro atoms. The molecule has 0 bridgehead atoms. The molecular weight excluding hydrogens is 332 g/mol. The second-order valence-electron chi connectivity index (χ2n) is 7.15. The molecule has 0 radical (unpaired) electrons. The fourth-order valence-corrected chi connectivity index (χ4v) is 3.66. The normalized spacial score (nSPS) is 29.5. The van der Waals surface area contributed by atoms with Gasteiger partial charge in [-0.1, -0.05) is 12.1 Å². The lowest BCUT2D eigenvalue weighted by molar-refractivity contribution is -0.153. The number of sulfone groups is 1. The Labute approximate surface area is 141 Å². The van der Waals surface area contributed by atoms with E-state index in [1.54, 1.807) is 13.8 Å². The SMILES string of the molecule is CC1(C)OC(=O)C(OCC2CC2)C1(O)c1ccc(S(C)(=O)=O)cc1. The Balaban J connectivity index is 1.97. The number of rotatable bonds is 5. The molecule has 1 heterocycles. The van der Waals surface area contributed by atoms with Crippen molar-refractivity contribution in [3.8, 4) is 0 Å². The molecule has 2 aliphatic rings. The Morgan fingerprint density at radius 3 is 2.33 bits per heavy atom. The van der Waals surface area contributed by atoms with E-state index in [0.717, 1.165) is 19.1 Å². The van der Waals surface area contributed by atoms with E-state index in [2.05, 4.69) is 0 Å². The first kappa shape index (κ1) is 17.4. The third-order valence-corrected chi connectivity index (χ3v) is 5.91. The van der Waals surface area contributed by atoms with E-state index in [9.17, 15) is 18.3 Å². The number of cyclic esters (lactones) is 1. The maximum absolute atomic E-state index is 12.2. The Hall–Kier alpha value is -1.44. The first-order chi connectivity index (χ1) is 11.1. The Bertz CT molecular complexity index is 748. The molecule has 1 aliphatic heterocycles. The average Bonchev–Trinajstić information content (AvgIpc) is 3.27. The van der Waals surface area contributed by atoms with E-state index in [-0.39, 0.29) is 4.90 Å². The molecule has 2 unspecified atom stereocenters. The van der Waals surface area contributed by atoms with Gasteiger partial charge in [0, 0.05) is 6.26 Å². The van der Waals surface area contributed by atoms with Crippen LogP contribution >= 0.6 is 0 Å². The lowest BCUT2D eigenvalue weighted by Crippen LogP contribution is -2.51. The fourth-order valence-electron chi connectivity index (χ4n) is 3.03. The number of hydrogen-bond acceptors (Lipinski definition) is 6. The maximum atomic E-state index is 12.2. The zero-order valence-electron chi connectivity index (χ0n) is 14.0. The number of ether oxygens (including phenoxy) is 2. The summed E-state index contributed by atoms with van der Waals surface area (Å²) in [6, 6.07) is 5.85. The van der Waals surface area contributed by atoms with Crippen molar-refractivity contribution in [3.05, 3.63) is 29.8 Å². The first-order valence-electron chi connectivity index (χ1n) is 7.93. The number of esters is 1. The van der Waals surface area contributed by atoms with Crippen LogP contribution in [0.4, 0.5) is 0 Å². The van der Waals surface area contributed by atoms with Crippen LogP contribution in [0, 0.1) is 5.92 Å². The molecule has 1 saturated heterocycles. The van der Waals surface area contributed by atoms with Gasteiger partial charge in [0.25, 0.3) is 0 Å². The summed E-state index contributed by atoms with van der Waals surface area (Å²) in [6.45, 7) is 3.64. The van der Waals surface area contributed by atoms with Crippen LogP contribution < -0.4 is 0 Å². The summed E-state index contributed by atoms with van der Waals surface area (Å²) in [4.78, 5) is 12.4. The molecule has 1 N–H and O–H groups in total. The van der Waals surface area contributed by atoms with Crippen LogP contribution in [0.2, 0.25) is 0 Å². The van der Waals surface area contributed by atoms with E-state index in [4.69, 9.17) is 9.47 Å². The van der Waals surface area contributed by atoms with Crippen LogP contribution in [0.1, 0.15) is 32.3 Å². The van der Waals surface area contributed by atoms with E-state index in [1.165, 1.54) is 24.3 Å². The summed E-state index contributed by atoms with van der Waals surface area (Å²) < 4.78 is 34.3. The molecule has 7 heteroatoms. The smallest absolute Gasteiger partial charge is 0.339 e. The summed E-state index contributed by atoms with van der Waals surface area (Å²) in [5.74, 6) is -0.172. The average molecular weight is 354 g/mol. The van der Waals surface area contributed by atoms with Crippen LogP contribution in [0.15, 0.2) is 29.2 Å². The lowest BCUT2D eigenvalue weighted by Gasteiger charge is -2.36. The van der Waals surface area contributed by atoms with Crippen LogP contribution in [0.25, 0.3) is 0 Å². The molecule has 0 amide bonds. The van der Waals surface area contributed by atoms with Gasteiger partial charge in [-0.05, 0) is 50.3 Å². The van der Waals surface area contributed by atoms with Crippen LogP contribution in [-0.2, 0) is 29.7 Å². The molecule has 1 aromatic rings. The van der Waals surface area contributed by atoms with Gasteiger partial charge < -0.3 is 14.6 Å². The minimum Gasteiger partial charge on any atom is -0.454 e. The van der Waals surface area contributed by atoms with Crippen molar-refractivity contribution in [3.63, 3.8) is 0 Å². The van der Waals surface area contributed by atoms with Gasteiger partial charge in [-0.25, -0.2) is 13.2 Å². The third kappa shape index (κ3) is 2.85. The molecule has 1 aromatic carbocycles. The second kappa shape index (κ2) is 5.54. The van der Waals surface area contributed by atoms with Crippen molar-refractivity contribution in [2.45, 2.75) is 48.9 Å². The van der Waals surface area contributed by atoms with Crippen molar-refractivity contribution in [2.75, 3.05) is 12.9 Å². The highest BCUT2D eigenvalue weighted by Crippen LogP contribution is 2.46.